The van der Waals surface area contributed by atoms with Crippen LogP contribution in [-0.4, -0.2) is 45.5 Å². The average Bonchev–Trinajstić information content (AvgIpc) is 3.89. The van der Waals surface area contributed by atoms with Gasteiger partial charge in [0.05, 0.1) is 5.41 Å². The zero-order valence-corrected chi connectivity index (χ0v) is 37.8. The molecule has 0 saturated carbocycles. The first kappa shape index (κ1) is 41.4. The van der Waals surface area contributed by atoms with Crippen molar-refractivity contribution in [2.45, 2.75) is 44.9 Å². The molecule has 5 heterocycles. The van der Waals surface area contributed by atoms with E-state index in [0.717, 1.165) is 40.4 Å². The number of anilines is 1. The van der Waals surface area contributed by atoms with Crippen molar-refractivity contribution in [2.75, 3.05) is 29.9 Å². The molecule has 62 heavy (non-hydrogen) atoms. The van der Waals surface area contributed by atoms with Crippen molar-refractivity contribution < 1.29 is 14.2 Å². The number of amides is 2. The first-order chi connectivity index (χ1) is 29.9. The Balaban J connectivity index is 0.749. The third-order valence-electron chi connectivity index (χ3n) is 12.6. The van der Waals surface area contributed by atoms with Crippen molar-refractivity contribution in [1.29, 1.82) is 0 Å². The van der Waals surface area contributed by atoms with Crippen molar-refractivity contribution in [3.05, 3.63) is 168 Å². The van der Waals surface area contributed by atoms with E-state index in [0.29, 0.717) is 24.2 Å². The van der Waals surface area contributed by atoms with Crippen LogP contribution in [0.4, 0.5) is 5.69 Å². The van der Waals surface area contributed by atoms with Gasteiger partial charge in [0.1, 0.15) is 0 Å². The number of aromatic nitrogens is 3. The number of pyridine rings is 1. The fraction of sp³-hybridized carbons (Fsp3) is 0.250. The molecule has 3 N–H and O–H groups in total. The number of hydrogen-bond donors (Lipinski definition) is 3. The molecule has 8 nitrogen and oxygen atoms in total. The van der Waals surface area contributed by atoms with Gasteiger partial charge in [-0.05, 0) is 90.9 Å². The van der Waals surface area contributed by atoms with E-state index in [1.54, 1.807) is 21.6 Å². The third kappa shape index (κ3) is 7.75. The maximum absolute atomic E-state index is 13.3. The summed E-state index contributed by atoms with van der Waals surface area (Å²) < 4.78 is 6.62. The fourth-order valence-corrected chi connectivity index (χ4v) is 10.9. The molecule has 0 spiro atoms. The van der Waals surface area contributed by atoms with E-state index in [1.807, 2.05) is 30.5 Å². The molecule has 9 rings (SSSR count). The normalized spacial score (nSPS) is 16.2. The SMILES string of the molecule is Cn1cc(C2=C/CC(C)(C)c3cc(C(=O)NCCSSCCNC(=O)c4ccc5c(c4)C(C)(C)c4cc(-c6cn(C)c7ccccc67)cc[n+]4-5)ccc3N/C=C\2)c2ccccc21. The standard InChI is InChI=1S/C52H52N6O2S2/c1-51(2)22-19-34(40-32-56(5)45-13-9-7-11-38(40)45)20-23-53-44-17-15-36(29-42(44)51)49(59)54-24-27-61-62-28-25-55-50(60)37-16-18-47-43(30-37)52(3,4)48-31-35(21-26-58(47)48)41-33-57(6)46-14-10-8-12-39(41)46/h7-21,23,26,29-33H,22,24-25,27-28H2,1-6H3,(H2-,53,54,55,59,60)/p+1/b23-20-,34-19+. The topological polar surface area (TPSA) is 84.0 Å². The minimum Gasteiger partial charge on any atom is -0.361 e. The summed E-state index contributed by atoms with van der Waals surface area (Å²) in [6.45, 7) is 10.1. The second kappa shape index (κ2) is 16.7. The summed E-state index contributed by atoms with van der Waals surface area (Å²) in [5, 5.41) is 12.2. The average molecular weight is 858 g/mol. The summed E-state index contributed by atoms with van der Waals surface area (Å²) in [5.41, 5.74) is 13.6. The molecule has 2 amide bonds. The summed E-state index contributed by atoms with van der Waals surface area (Å²) in [5.74, 6) is 1.38. The molecule has 314 valence electrons. The number of allylic oxidation sites excluding steroid dienone is 3. The van der Waals surface area contributed by atoms with Crippen molar-refractivity contribution in [2.24, 2.45) is 14.1 Å². The van der Waals surface area contributed by atoms with Crippen LogP contribution in [-0.2, 0) is 24.9 Å². The van der Waals surface area contributed by atoms with E-state index in [-0.39, 0.29) is 22.6 Å². The highest BCUT2D eigenvalue weighted by Gasteiger charge is 2.44. The monoisotopic (exact) mass is 857 g/mol. The van der Waals surface area contributed by atoms with Crippen molar-refractivity contribution in [1.82, 2.24) is 19.8 Å². The van der Waals surface area contributed by atoms with Crippen molar-refractivity contribution in [3.8, 4) is 16.8 Å². The number of carbonyl (C=O) groups is 2. The van der Waals surface area contributed by atoms with E-state index < -0.39 is 0 Å². The van der Waals surface area contributed by atoms with Crippen LogP contribution in [0.3, 0.4) is 0 Å². The largest absolute Gasteiger partial charge is 0.361 e. The van der Waals surface area contributed by atoms with Gasteiger partial charge in [0.15, 0.2) is 11.9 Å². The summed E-state index contributed by atoms with van der Waals surface area (Å²) in [6.07, 6.45) is 13.9. The van der Waals surface area contributed by atoms with Gasteiger partial charge in [0.2, 0.25) is 5.69 Å². The highest BCUT2D eigenvalue weighted by molar-refractivity contribution is 8.76. The Bertz CT molecular complexity index is 2950. The van der Waals surface area contributed by atoms with Crippen molar-refractivity contribution >= 4 is 66.5 Å². The highest BCUT2D eigenvalue weighted by Crippen LogP contribution is 2.41. The molecule has 2 aliphatic rings. The Morgan fingerprint density at radius 3 is 2.00 bits per heavy atom. The van der Waals surface area contributed by atoms with Gasteiger partial charge in [-0.2, -0.15) is 4.57 Å². The highest BCUT2D eigenvalue weighted by atomic mass is 33.1. The Morgan fingerprint density at radius 2 is 1.32 bits per heavy atom. The Labute approximate surface area is 371 Å². The first-order valence-electron chi connectivity index (χ1n) is 21.3. The molecule has 0 fully saturated rings. The number of carbonyl (C=O) groups excluding carboxylic acids is 2. The lowest BCUT2D eigenvalue weighted by Crippen LogP contribution is -2.34. The fourth-order valence-electron chi connectivity index (χ4n) is 9.10. The molecule has 2 aliphatic heterocycles. The van der Waals surface area contributed by atoms with Gasteiger partial charge in [-0.3, -0.25) is 9.59 Å². The molecule has 4 aromatic carbocycles. The minimum absolute atomic E-state index is 0.0680. The number of hydrogen-bond acceptors (Lipinski definition) is 5. The molecule has 0 saturated heterocycles. The number of para-hydroxylation sites is 2. The minimum atomic E-state index is -0.279. The van der Waals surface area contributed by atoms with E-state index in [2.05, 4.69) is 175 Å². The Morgan fingerprint density at radius 1 is 0.726 bits per heavy atom. The lowest BCUT2D eigenvalue weighted by molar-refractivity contribution is -0.599. The zero-order chi connectivity index (χ0) is 43.2. The van der Waals surface area contributed by atoms with Crippen LogP contribution in [0.2, 0.25) is 0 Å². The number of nitrogens with zero attached hydrogens (tertiary/aromatic N) is 3. The van der Waals surface area contributed by atoms with Gasteiger partial charge in [-0.25, -0.2) is 0 Å². The van der Waals surface area contributed by atoms with Gasteiger partial charge in [0.25, 0.3) is 11.8 Å². The predicted octanol–water partition coefficient (Wildman–Crippen LogP) is 10.5. The number of rotatable bonds is 11. The first-order valence-corrected chi connectivity index (χ1v) is 23.8. The molecular formula is C52H53N6O2S2+. The van der Waals surface area contributed by atoms with Crippen LogP contribution in [0.25, 0.3) is 44.2 Å². The second-order valence-electron chi connectivity index (χ2n) is 17.5. The summed E-state index contributed by atoms with van der Waals surface area (Å²) in [6, 6.07) is 33.5. The Hall–Kier alpha value is -5.97. The van der Waals surface area contributed by atoms with Crippen LogP contribution in [0.15, 0.2) is 134 Å². The quantitative estimate of drug-likeness (QED) is 0.0686. The predicted molar refractivity (Wildman–Crippen MR) is 259 cm³/mol. The molecule has 0 radical (unpaired) electrons. The molecule has 10 heteroatoms. The molecular weight excluding hydrogens is 805 g/mol. The number of fused-ring (bicyclic) bond motifs is 6. The van der Waals surface area contributed by atoms with Gasteiger partial charge in [-0.15, -0.1) is 0 Å². The smallest absolute Gasteiger partial charge is 0.251 e. The number of aryl methyl sites for hydroxylation is 2. The molecule has 0 atom stereocenters. The van der Waals surface area contributed by atoms with Gasteiger partial charge >= 0.3 is 0 Å². The molecule has 0 bridgehead atoms. The third-order valence-corrected chi connectivity index (χ3v) is 15.0. The number of benzene rings is 4. The zero-order valence-electron chi connectivity index (χ0n) is 36.2. The van der Waals surface area contributed by atoms with E-state index in [4.69, 9.17) is 0 Å². The van der Waals surface area contributed by atoms with Gasteiger partial charge in [0, 0.05) is 131 Å². The van der Waals surface area contributed by atoms with Crippen LogP contribution < -0.4 is 20.5 Å². The van der Waals surface area contributed by atoms with Crippen molar-refractivity contribution in [3.63, 3.8) is 0 Å². The second-order valence-corrected chi connectivity index (χ2v) is 20.2. The summed E-state index contributed by atoms with van der Waals surface area (Å²) in [7, 11) is 7.58. The van der Waals surface area contributed by atoms with E-state index in [1.165, 1.54) is 49.8 Å². The molecule has 0 unspecified atom stereocenters. The molecule has 7 aromatic rings. The van der Waals surface area contributed by atoms with E-state index in [9.17, 15) is 9.59 Å². The summed E-state index contributed by atoms with van der Waals surface area (Å²) in [4.78, 5) is 26.7. The lowest BCUT2D eigenvalue weighted by atomic mass is 9.79. The maximum Gasteiger partial charge on any atom is 0.251 e. The van der Waals surface area contributed by atoms with Crippen LogP contribution in [0.1, 0.15) is 77.2 Å². The van der Waals surface area contributed by atoms with Crippen LogP contribution in [0.5, 0.6) is 0 Å². The number of nitrogens with one attached hydrogen (secondary N) is 3. The van der Waals surface area contributed by atoms with E-state index >= 15 is 0 Å². The van der Waals surface area contributed by atoms with Crippen LogP contribution in [0, 0.1) is 0 Å². The lowest BCUT2D eigenvalue weighted by Gasteiger charge is -2.27. The summed E-state index contributed by atoms with van der Waals surface area (Å²) >= 11 is 0. The molecule has 0 aliphatic carbocycles. The van der Waals surface area contributed by atoms with Crippen LogP contribution >= 0.6 is 21.6 Å². The van der Waals surface area contributed by atoms with Gasteiger partial charge in [-0.1, -0.05) is 77.9 Å². The van der Waals surface area contributed by atoms with Gasteiger partial charge < -0.3 is 25.1 Å². The maximum atomic E-state index is 13.3. The molecule has 3 aromatic heterocycles. The Kier molecular flexibility index (Phi) is 11.2.